The smallest absolute Gasteiger partial charge is 0.215 e. The number of allylic oxidation sites excluding steroid dienone is 1. The molecule has 0 radical (unpaired) electrons. The molecule has 1 aromatic carbocycles. The molecule has 0 aliphatic carbocycles. The Morgan fingerprint density at radius 1 is 1.23 bits per heavy atom. The summed E-state index contributed by atoms with van der Waals surface area (Å²) >= 11 is 11.0. The summed E-state index contributed by atoms with van der Waals surface area (Å²) in [5.41, 5.74) is 0. The molecule has 0 atom stereocenters. The Kier molecular flexibility index (Phi) is 3.80. The van der Waals surface area contributed by atoms with Gasteiger partial charge in [-0.05, 0) is 23.7 Å². The van der Waals surface area contributed by atoms with E-state index < -0.39 is 0 Å². The van der Waals surface area contributed by atoms with Crippen LogP contribution in [0.3, 0.4) is 0 Å². The lowest BCUT2D eigenvalue weighted by Crippen LogP contribution is -1.91. The standard InChI is InChI=1S/C9H6Cl2O2/c10-8(6-12)9(11)13-7-4-2-1-3-5-7/h1-6H/b9-8+. The van der Waals surface area contributed by atoms with Crippen molar-refractivity contribution in [1.82, 2.24) is 0 Å². The van der Waals surface area contributed by atoms with Gasteiger partial charge in [0.05, 0.1) is 0 Å². The van der Waals surface area contributed by atoms with Crippen LogP contribution < -0.4 is 4.74 Å². The van der Waals surface area contributed by atoms with Crippen molar-refractivity contribution >= 4 is 29.5 Å². The van der Waals surface area contributed by atoms with E-state index >= 15 is 0 Å². The average molecular weight is 217 g/mol. The molecule has 0 fully saturated rings. The Bertz CT molecular complexity index is 320. The molecule has 68 valence electrons. The number of aldehydes is 1. The summed E-state index contributed by atoms with van der Waals surface area (Å²) in [7, 11) is 0. The lowest BCUT2D eigenvalue weighted by Gasteiger charge is -2.02. The zero-order valence-corrected chi connectivity index (χ0v) is 8.05. The topological polar surface area (TPSA) is 26.3 Å². The molecule has 0 bridgehead atoms. The summed E-state index contributed by atoms with van der Waals surface area (Å²) in [6.45, 7) is 0. The molecule has 4 heteroatoms. The maximum atomic E-state index is 10.2. The number of halogens is 2. The van der Waals surface area contributed by atoms with Crippen LogP contribution in [-0.2, 0) is 4.79 Å². The van der Waals surface area contributed by atoms with Crippen LogP contribution in [0.25, 0.3) is 0 Å². The van der Waals surface area contributed by atoms with Crippen LogP contribution in [0, 0.1) is 0 Å². The molecule has 1 aromatic rings. The molecular formula is C9H6Cl2O2. The van der Waals surface area contributed by atoms with E-state index in [0.29, 0.717) is 12.0 Å². The molecule has 0 spiro atoms. The predicted octanol–water partition coefficient (Wildman–Crippen LogP) is 2.91. The van der Waals surface area contributed by atoms with Crippen LogP contribution in [0.4, 0.5) is 0 Å². The second-order valence-corrected chi connectivity index (χ2v) is 2.91. The SMILES string of the molecule is O=C/C(Cl)=C(/Cl)Oc1ccccc1. The molecule has 1 rings (SSSR count). The zero-order chi connectivity index (χ0) is 9.68. The maximum Gasteiger partial charge on any atom is 0.215 e. The van der Waals surface area contributed by atoms with Gasteiger partial charge in [0, 0.05) is 0 Å². The van der Waals surface area contributed by atoms with E-state index in [2.05, 4.69) is 0 Å². The van der Waals surface area contributed by atoms with Gasteiger partial charge in [-0.2, -0.15) is 0 Å². The lowest BCUT2D eigenvalue weighted by molar-refractivity contribution is -0.104. The van der Waals surface area contributed by atoms with Crippen molar-refractivity contribution in [2.24, 2.45) is 0 Å². The van der Waals surface area contributed by atoms with Crippen molar-refractivity contribution < 1.29 is 9.53 Å². The minimum Gasteiger partial charge on any atom is -0.444 e. The van der Waals surface area contributed by atoms with Gasteiger partial charge in [-0.3, -0.25) is 4.79 Å². The zero-order valence-electron chi connectivity index (χ0n) is 6.54. The predicted molar refractivity (Wildman–Crippen MR) is 51.9 cm³/mol. The van der Waals surface area contributed by atoms with Gasteiger partial charge in [0.1, 0.15) is 10.8 Å². The first-order chi connectivity index (χ1) is 6.24. The molecule has 0 unspecified atom stereocenters. The number of rotatable bonds is 3. The van der Waals surface area contributed by atoms with E-state index in [0.717, 1.165) is 0 Å². The summed E-state index contributed by atoms with van der Waals surface area (Å²) in [5, 5.41) is -0.270. The highest BCUT2D eigenvalue weighted by Gasteiger charge is 2.02. The van der Waals surface area contributed by atoms with Gasteiger partial charge >= 0.3 is 0 Å². The van der Waals surface area contributed by atoms with E-state index in [-0.39, 0.29) is 10.3 Å². The van der Waals surface area contributed by atoms with Gasteiger partial charge in [0.25, 0.3) is 0 Å². The quantitative estimate of drug-likeness (QED) is 0.442. The van der Waals surface area contributed by atoms with Crippen LogP contribution in [-0.4, -0.2) is 6.29 Å². The second kappa shape index (κ2) is 4.90. The minimum absolute atomic E-state index is 0.122. The van der Waals surface area contributed by atoms with Gasteiger partial charge in [-0.15, -0.1) is 0 Å². The molecule has 0 saturated heterocycles. The highest BCUT2D eigenvalue weighted by Crippen LogP contribution is 2.18. The van der Waals surface area contributed by atoms with Gasteiger partial charge < -0.3 is 4.74 Å². The first-order valence-electron chi connectivity index (χ1n) is 3.47. The lowest BCUT2D eigenvalue weighted by atomic mass is 10.3. The van der Waals surface area contributed by atoms with E-state index in [1.165, 1.54) is 0 Å². The van der Waals surface area contributed by atoms with Gasteiger partial charge in [-0.25, -0.2) is 0 Å². The monoisotopic (exact) mass is 216 g/mol. The number of hydrogen-bond donors (Lipinski definition) is 0. The normalized spacial score (nSPS) is 11.8. The minimum atomic E-state index is -0.148. The van der Waals surface area contributed by atoms with E-state index in [1.54, 1.807) is 24.3 Å². The van der Waals surface area contributed by atoms with Crippen molar-refractivity contribution in [1.29, 1.82) is 0 Å². The van der Waals surface area contributed by atoms with Crippen molar-refractivity contribution in [3.63, 3.8) is 0 Å². The largest absolute Gasteiger partial charge is 0.444 e. The fraction of sp³-hybridized carbons (Fsp3) is 0. The number of ether oxygens (including phenoxy) is 1. The molecule has 2 nitrogen and oxygen atoms in total. The fourth-order valence-corrected chi connectivity index (χ4v) is 0.859. The van der Waals surface area contributed by atoms with Gasteiger partial charge in [0.2, 0.25) is 5.22 Å². The Hall–Kier alpha value is -0.990. The summed E-state index contributed by atoms with van der Waals surface area (Å²) < 4.78 is 5.05. The fourth-order valence-electron chi connectivity index (χ4n) is 0.687. The molecule has 0 aliphatic rings. The number of hydrogen-bond acceptors (Lipinski definition) is 2. The van der Waals surface area contributed by atoms with Gasteiger partial charge in [-0.1, -0.05) is 29.8 Å². The third kappa shape index (κ3) is 3.09. The van der Waals surface area contributed by atoms with Crippen LogP contribution in [0.2, 0.25) is 0 Å². The van der Waals surface area contributed by atoms with Crippen molar-refractivity contribution in [2.75, 3.05) is 0 Å². The molecule has 0 amide bonds. The van der Waals surface area contributed by atoms with E-state index in [9.17, 15) is 4.79 Å². The summed E-state index contributed by atoms with van der Waals surface area (Å²) in [6, 6.07) is 8.82. The molecule has 0 aliphatic heterocycles. The van der Waals surface area contributed by atoms with Crippen LogP contribution in [0.15, 0.2) is 40.6 Å². The molecule has 0 heterocycles. The van der Waals surface area contributed by atoms with Crippen molar-refractivity contribution in [3.8, 4) is 5.75 Å². The van der Waals surface area contributed by atoms with E-state index in [1.807, 2.05) is 6.07 Å². The highest BCUT2D eigenvalue weighted by molar-refractivity contribution is 6.44. The van der Waals surface area contributed by atoms with Crippen molar-refractivity contribution in [2.45, 2.75) is 0 Å². The third-order valence-corrected chi connectivity index (χ3v) is 1.88. The summed E-state index contributed by atoms with van der Waals surface area (Å²) in [5.74, 6) is 0.535. The average Bonchev–Trinajstić information content (AvgIpc) is 2.18. The molecule has 13 heavy (non-hydrogen) atoms. The Morgan fingerprint density at radius 2 is 1.85 bits per heavy atom. The Balaban J connectivity index is 2.76. The first kappa shape index (κ1) is 10.1. The Labute approximate surface area is 85.7 Å². The highest BCUT2D eigenvalue weighted by atomic mass is 35.5. The first-order valence-corrected chi connectivity index (χ1v) is 4.23. The molecular weight excluding hydrogens is 211 g/mol. The number of carbonyl (C=O) groups excluding carboxylic acids is 1. The van der Waals surface area contributed by atoms with E-state index in [4.69, 9.17) is 27.9 Å². The summed E-state index contributed by atoms with van der Waals surface area (Å²) in [6.07, 6.45) is 0.423. The summed E-state index contributed by atoms with van der Waals surface area (Å²) in [4.78, 5) is 10.2. The molecule has 0 saturated carbocycles. The molecule has 0 N–H and O–H groups in total. The van der Waals surface area contributed by atoms with Crippen LogP contribution in [0.5, 0.6) is 5.75 Å². The van der Waals surface area contributed by atoms with Crippen LogP contribution in [0.1, 0.15) is 0 Å². The van der Waals surface area contributed by atoms with Crippen LogP contribution >= 0.6 is 23.2 Å². The van der Waals surface area contributed by atoms with Gasteiger partial charge in [0.15, 0.2) is 6.29 Å². The maximum absolute atomic E-state index is 10.2. The molecule has 0 aromatic heterocycles. The second-order valence-electron chi connectivity index (χ2n) is 2.15. The number of benzene rings is 1. The van der Waals surface area contributed by atoms with Crippen molar-refractivity contribution in [3.05, 3.63) is 40.6 Å². The third-order valence-electron chi connectivity index (χ3n) is 1.24. The Morgan fingerprint density at radius 3 is 2.38 bits per heavy atom. The number of para-hydroxylation sites is 1. The number of carbonyl (C=O) groups is 1.